The van der Waals surface area contributed by atoms with Gasteiger partial charge in [0.25, 0.3) is 0 Å². The minimum atomic E-state index is -0.991. The zero-order valence-electron chi connectivity index (χ0n) is 13.1. The number of nitrogens with zero attached hydrogens (tertiary/aromatic N) is 1. The largest absolute Gasteiger partial charge is 0.457 e. The summed E-state index contributed by atoms with van der Waals surface area (Å²) >= 11 is 3.54. The third-order valence-corrected chi connectivity index (χ3v) is 5.67. The van der Waals surface area contributed by atoms with Crippen LogP contribution in [0.2, 0.25) is 0 Å². The highest BCUT2D eigenvalue weighted by Gasteiger charge is 2.47. The van der Waals surface area contributed by atoms with Gasteiger partial charge in [-0.2, -0.15) is 0 Å². The van der Waals surface area contributed by atoms with E-state index in [-0.39, 0.29) is 5.92 Å². The lowest BCUT2D eigenvalue weighted by Crippen LogP contribution is -2.44. The monoisotopic (exact) mass is 373 g/mol. The number of halogens is 1. The molecule has 2 aromatic rings. The van der Waals surface area contributed by atoms with E-state index in [1.807, 2.05) is 42.5 Å². The van der Waals surface area contributed by atoms with E-state index in [9.17, 15) is 5.11 Å². The van der Waals surface area contributed by atoms with Gasteiger partial charge in [-0.25, -0.2) is 0 Å². The summed E-state index contributed by atoms with van der Waals surface area (Å²) in [6, 6.07) is 13.8. The average molecular weight is 374 g/mol. The molecule has 0 bridgehead atoms. The molecule has 0 aromatic heterocycles. The van der Waals surface area contributed by atoms with Crippen LogP contribution in [0.25, 0.3) is 0 Å². The number of likely N-dealkylation sites (tertiary alicyclic amines) is 1. The molecule has 1 atom stereocenters. The van der Waals surface area contributed by atoms with Crippen LogP contribution in [-0.4, -0.2) is 30.1 Å². The number of fused-ring (bicyclic) bond motifs is 2. The third kappa shape index (κ3) is 2.40. The SMILES string of the molecule is CN1CCC(C2(O)c3ccccc3Oc3ccc(Br)cc32)CC1. The molecule has 2 heterocycles. The Hall–Kier alpha value is -1.36. The van der Waals surface area contributed by atoms with E-state index < -0.39 is 5.60 Å². The fourth-order valence-electron chi connectivity index (χ4n) is 3.89. The molecule has 1 unspecified atom stereocenters. The van der Waals surface area contributed by atoms with Gasteiger partial charge < -0.3 is 14.7 Å². The van der Waals surface area contributed by atoms with Gasteiger partial charge in [0.1, 0.15) is 17.1 Å². The predicted octanol–water partition coefficient (Wildman–Crippen LogP) is 4.13. The number of piperidine rings is 1. The number of benzene rings is 2. The molecule has 4 heteroatoms. The zero-order chi connectivity index (χ0) is 16.0. The number of ether oxygens (including phenoxy) is 1. The van der Waals surface area contributed by atoms with Crippen LogP contribution in [0.5, 0.6) is 11.5 Å². The average Bonchev–Trinajstić information content (AvgIpc) is 2.56. The summed E-state index contributed by atoms with van der Waals surface area (Å²) in [5, 5.41) is 11.9. The Labute approximate surface area is 145 Å². The minimum absolute atomic E-state index is 0.191. The van der Waals surface area contributed by atoms with E-state index in [0.717, 1.165) is 53.0 Å². The Kier molecular flexibility index (Phi) is 3.71. The van der Waals surface area contributed by atoms with E-state index >= 15 is 0 Å². The summed E-state index contributed by atoms with van der Waals surface area (Å²) in [5.41, 5.74) is 0.773. The molecule has 1 N–H and O–H groups in total. The van der Waals surface area contributed by atoms with Gasteiger partial charge in [-0.3, -0.25) is 0 Å². The van der Waals surface area contributed by atoms with Gasteiger partial charge >= 0.3 is 0 Å². The van der Waals surface area contributed by atoms with E-state index in [1.54, 1.807) is 0 Å². The van der Waals surface area contributed by atoms with Crippen LogP contribution in [0.1, 0.15) is 24.0 Å². The van der Waals surface area contributed by atoms with Crippen LogP contribution in [0.3, 0.4) is 0 Å². The van der Waals surface area contributed by atoms with Crippen molar-refractivity contribution < 1.29 is 9.84 Å². The summed E-state index contributed by atoms with van der Waals surface area (Å²) < 4.78 is 7.01. The van der Waals surface area contributed by atoms with Crippen LogP contribution in [0, 0.1) is 5.92 Å². The molecule has 1 fully saturated rings. The van der Waals surface area contributed by atoms with E-state index in [1.165, 1.54) is 0 Å². The molecule has 0 saturated carbocycles. The lowest BCUT2D eigenvalue weighted by atomic mass is 9.70. The Bertz CT molecular complexity index is 740. The molecular weight excluding hydrogens is 354 g/mol. The van der Waals surface area contributed by atoms with Gasteiger partial charge in [0.15, 0.2) is 0 Å². The summed E-state index contributed by atoms with van der Waals surface area (Å²) in [4.78, 5) is 2.33. The van der Waals surface area contributed by atoms with Crippen LogP contribution >= 0.6 is 15.9 Å². The fourth-order valence-corrected chi connectivity index (χ4v) is 4.25. The summed E-state index contributed by atoms with van der Waals surface area (Å²) in [6.07, 6.45) is 1.96. The maximum atomic E-state index is 11.9. The van der Waals surface area contributed by atoms with Gasteiger partial charge in [-0.15, -0.1) is 0 Å². The number of para-hydroxylation sites is 1. The van der Waals surface area contributed by atoms with Crippen molar-refractivity contribution in [2.24, 2.45) is 5.92 Å². The Morgan fingerprint density at radius 1 is 1.09 bits per heavy atom. The highest BCUT2D eigenvalue weighted by molar-refractivity contribution is 9.10. The lowest BCUT2D eigenvalue weighted by Gasteiger charge is -2.44. The van der Waals surface area contributed by atoms with Gasteiger partial charge in [-0.1, -0.05) is 34.1 Å². The maximum Gasteiger partial charge on any atom is 0.133 e. The second-order valence-corrected chi connectivity index (χ2v) is 7.50. The van der Waals surface area contributed by atoms with Gasteiger partial charge in [0.05, 0.1) is 0 Å². The zero-order valence-corrected chi connectivity index (χ0v) is 14.7. The first-order chi connectivity index (χ1) is 11.1. The minimum Gasteiger partial charge on any atom is -0.457 e. The molecule has 0 radical (unpaired) electrons. The van der Waals surface area contributed by atoms with Crippen molar-refractivity contribution in [2.75, 3.05) is 20.1 Å². The molecule has 0 spiro atoms. The first-order valence-electron chi connectivity index (χ1n) is 8.07. The lowest BCUT2D eigenvalue weighted by molar-refractivity contribution is -0.0178. The Morgan fingerprint density at radius 3 is 2.57 bits per heavy atom. The van der Waals surface area contributed by atoms with Gasteiger partial charge in [0.2, 0.25) is 0 Å². The van der Waals surface area contributed by atoms with Crippen LogP contribution < -0.4 is 4.74 Å². The molecule has 23 heavy (non-hydrogen) atoms. The molecule has 2 aliphatic heterocycles. The quantitative estimate of drug-likeness (QED) is 0.815. The molecular formula is C19H20BrNO2. The second kappa shape index (κ2) is 5.62. The van der Waals surface area contributed by atoms with Gasteiger partial charge in [0, 0.05) is 15.6 Å². The summed E-state index contributed by atoms with van der Waals surface area (Å²) in [7, 11) is 2.14. The van der Waals surface area contributed by atoms with Crippen molar-refractivity contribution in [3.63, 3.8) is 0 Å². The summed E-state index contributed by atoms with van der Waals surface area (Å²) in [5.74, 6) is 1.72. The smallest absolute Gasteiger partial charge is 0.133 e. The fraction of sp³-hybridized carbons (Fsp3) is 0.368. The van der Waals surface area contributed by atoms with Crippen molar-refractivity contribution in [2.45, 2.75) is 18.4 Å². The molecule has 1 saturated heterocycles. The van der Waals surface area contributed by atoms with Crippen molar-refractivity contribution in [3.05, 3.63) is 58.1 Å². The maximum absolute atomic E-state index is 11.9. The molecule has 2 aliphatic rings. The predicted molar refractivity (Wildman–Crippen MR) is 93.9 cm³/mol. The number of rotatable bonds is 1. The normalized spacial score (nSPS) is 24.7. The summed E-state index contributed by atoms with van der Waals surface area (Å²) in [6.45, 7) is 2.03. The third-order valence-electron chi connectivity index (χ3n) is 5.18. The van der Waals surface area contributed by atoms with Crippen molar-refractivity contribution in [3.8, 4) is 11.5 Å². The number of aliphatic hydroxyl groups is 1. The Balaban J connectivity index is 1.88. The molecule has 4 rings (SSSR count). The number of hydrogen-bond acceptors (Lipinski definition) is 3. The Morgan fingerprint density at radius 2 is 1.78 bits per heavy atom. The highest BCUT2D eigenvalue weighted by Crippen LogP contribution is 2.52. The first kappa shape index (κ1) is 15.2. The van der Waals surface area contributed by atoms with E-state index in [2.05, 4.69) is 27.9 Å². The first-order valence-corrected chi connectivity index (χ1v) is 8.86. The van der Waals surface area contributed by atoms with Gasteiger partial charge in [-0.05, 0) is 63.2 Å². The second-order valence-electron chi connectivity index (χ2n) is 6.58. The van der Waals surface area contributed by atoms with Crippen molar-refractivity contribution in [1.82, 2.24) is 4.90 Å². The van der Waals surface area contributed by atoms with E-state index in [4.69, 9.17) is 4.74 Å². The molecule has 3 nitrogen and oxygen atoms in total. The molecule has 0 aliphatic carbocycles. The standard InChI is InChI=1S/C19H20BrNO2/c1-21-10-8-13(9-11-21)19(22)15-4-2-3-5-17(15)23-18-7-6-14(20)12-16(18)19/h2-7,12-13,22H,8-11H2,1H3. The van der Waals surface area contributed by atoms with Crippen molar-refractivity contribution >= 4 is 15.9 Å². The highest BCUT2D eigenvalue weighted by atomic mass is 79.9. The number of hydrogen-bond donors (Lipinski definition) is 1. The topological polar surface area (TPSA) is 32.7 Å². The molecule has 120 valence electrons. The van der Waals surface area contributed by atoms with E-state index in [0.29, 0.717) is 0 Å². The van der Waals surface area contributed by atoms with Crippen LogP contribution in [0.4, 0.5) is 0 Å². The van der Waals surface area contributed by atoms with Crippen LogP contribution in [0.15, 0.2) is 46.9 Å². The van der Waals surface area contributed by atoms with Crippen LogP contribution in [-0.2, 0) is 5.60 Å². The molecule has 2 aromatic carbocycles. The van der Waals surface area contributed by atoms with Crippen molar-refractivity contribution in [1.29, 1.82) is 0 Å². The molecule has 0 amide bonds.